The fourth-order valence-corrected chi connectivity index (χ4v) is 4.00. The van der Waals surface area contributed by atoms with Crippen LogP contribution in [0.25, 0.3) is 0 Å². The lowest BCUT2D eigenvalue weighted by molar-refractivity contribution is -0.135. The number of nitrogens with zero attached hydrogens (tertiary/aromatic N) is 1. The third-order valence-electron chi connectivity index (χ3n) is 4.49. The van der Waals surface area contributed by atoms with Gasteiger partial charge in [0.25, 0.3) is 0 Å². The third kappa shape index (κ3) is 1.10. The van der Waals surface area contributed by atoms with Crippen molar-refractivity contribution in [1.82, 2.24) is 4.90 Å². The lowest BCUT2D eigenvalue weighted by Crippen LogP contribution is -2.33. The molecular weight excluding hydrogens is 218 g/mol. The number of carbonyl (C=O) groups excluding carboxylic acids is 1. The van der Waals surface area contributed by atoms with Gasteiger partial charge in [0.05, 0.1) is 11.5 Å². The molecule has 0 spiro atoms. The molecule has 4 rings (SSSR count). The maximum absolute atomic E-state index is 12.4. The number of hydrogen-bond acceptors (Lipinski definition) is 2. The molecule has 16 heavy (non-hydrogen) atoms. The van der Waals surface area contributed by atoms with Crippen LogP contribution < -0.4 is 0 Å². The van der Waals surface area contributed by atoms with E-state index < -0.39 is 0 Å². The summed E-state index contributed by atoms with van der Waals surface area (Å²) in [5.41, 5.74) is 0.153. The van der Waals surface area contributed by atoms with Gasteiger partial charge >= 0.3 is 0 Å². The number of amides is 1. The molecule has 3 heteroatoms. The molecule has 2 saturated carbocycles. The van der Waals surface area contributed by atoms with E-state index in [0.717, 1.165) is 18.9 Å². The van der Waals surface area contributed by atoms with Crippen LogP contribution in [0.5, 0.6) is 0 Å². The standard InChI is InChI=1S/C13H15NOS/c15-12(13-7-9(13)8-13)14-5-1-3-10(14)11-4-2-6-16-11/h2,4,6,9-10H,1,3,5,7-8H2. The van der Waals surface area contributed by atoms with Gasteiger partial charge in [0, 0.05) is 11.4 Å². The molecule has 2 aliphatic carbocycles. The minimum absolute atomic E-state index is 0.153. The predicted molar refractivity (Wildman–Crippen MR) is 63.2 cm³/mol. The maximum atomic E-state index is 12.4. The van der Waals surface area contributed by atoms with Crippen molar-refractivity contribution >= 4 is 17.2 Å². The third-order valence-corrected chi connectivity index (χ3v) is 5.47. The molecule has 2 nitrogen and oxygen atoms in total. The molecule has 2 heterocycles. The number of rotatable bonds is 2. The molecule has 0 aromatic carbocycles. The Morgan fingerprint density at radius 2 is 2.31 bits per heavy atom. The first kappa shape index (κ1) is 9.23. The van der Waals surface area contributed by atoms with Gasteiger partial charge in [-0.05, 0) is 43.0 Å². The second kappa shape index (κ2) is 2.89. The summed E-state index contributed by atoms with van der Waals surface area (Å²) < 4.78 is 0. The summed E-state index contributed by atoms with van der Waals surface area (Å²) in [6, 6.07) is 4.66. The smallest absolute Gasteiger partial charge is 0.229 e. The van der Waals surface area contributed by atoms with Gasteiger partial charge < -0.3 is 4.90 Å². The van der Waals surface area contributed by atoms with Crippen molar-refractivity contribution in [2.45, 2.75) is 31.7 Å². The molecule has 0 N–H and O–H groups in total. The van der Waals surface area contributed by atoms with Crippen LogP contribution in [0.1, 0.15) is 36.6 Å². The molecule has 1 unspecified atom stereocenters. The fourth-order valence-electron chi connectivity index (χ4n) is 3.12. The monoisotopic (exact) mass is 233 g/mol. The lowest BCUT2D eigenvalue weighted by Gasteiger charge is -2.25. The summed E-state index contributed by atoms with van der Waals surface area (Å²) in [5.74, 6) is 1.23. The predicted octanol–water partition coefficient (Wildman–Crippen LogP) is 2.82. The molecule has 1 saturated heterocycles. The quantitative estimate of drug-likeness (QED) is 0.769. The Morgan fingerprint density at radius 3 is 2.94 bits per heavy atom. The van der Waals surface area contributed by atoms with Crippen molar-refractivity contribution in [2.24, 2.45) is 11.3 Å². The second-order valence-electron chi connectivity index (χ2n) is 5.43. The number of hydrogen-bond donors (Lipinski definition) is 0. The first-order valence-electron chi connectivity index (χ1n) is 6.16. The van der Waals surface area contributed by atoms with Crippen LogP contribution in [0.15, 0.2) is 17.5 Å². The van der Waals surface area contributed by atoms with Crippen molar-refractivity contribution < 1.29 is 4.79 Å². The minimum atomic E-state index is 0.153. The zero-order valence-corrected chi connectivity index (χ0v) is 10.0. The average Bonchev–Trinajstić information content (AvgIpc) is 2.93. The van der Waals surface area contributed by atoms with Crippen LogP contribution in [0.3, 0.4) is 0 Å². The van der Waals surface area contributed by atoms with Gasteiger partial charge in [-0.25, -0.2) is 0 Å². The first-order chi connectivity index (χ1) is 7.81. The van der Waals surface area contributed by atoms with Crippen molar-refractivity contribution in [3.05, 3.63) is 22.4 Å². The van der Waals surface area contributed by atoms with Gasteiger partial charge in [0.2, 0.25) is 5.91 Å². The number of carbonyl (C=O) groups is 1. The largest absolute Gasteiger partial charge is 0.334 e. The number of thiophene rings is 1. The SMILES string of the molecule is O=C(N1CCCC1c1cccs1)C12CC1C2. The average molecular weight is 233 g/mol. The number of fused-ring (bicyclic) bond motifs is 1. The van der Waals surface area contributed by atoms with E-state index >= 15 is 0 Å². The van der Waals surface area contributed by atoms with Crippen molar-refractivity contribution in [1.29, 1.82) is 0 Å². The van der Waals surface area contributed by atoms with Crippen LogP contribution in [0, 0.1) is 11.3 Å². The van der Waals surface area contributed by atoms with E-state index in [1.807, 2.05) is 0 Å². The fraction of sp³-hybridized carbons (Fsp3) is 0.615. The highest BCUT2D eigenvalue weighted by Crippen LogP contribution is 2.76. The summed E-state index contributed by atoms with van der Waals surface area (Å²) in [6.45, 7) is 0.982. The van der Waals surface area contributed by atoms with Crippen LogP contribution in [-0.4, -0.2) is 17.4 Å². The van der Waals surface area contributed by atoms with Gasteiger partial charge in [-0.3, -0.25) is 4.79 Å². The van der Waals surface area contributed by atoms with E-state index in [2.05, 4.69) is 22.4 Å². The Balaban J connectivity index is 1.60. The van der Waals surface area contributed by atoms with Crippen LogP contribution in [0.2, 0.25) is 0 Å². The summed E-state index contributed by atoms with van der Waals surface area (Å²) >= 11 is 1.79. The Bertz CT molecular complexity index is 433. The van der Waals surface area contributed by atoms with Crippen molar-refractivity contribution in [3.8, 4) is 0 Å². The normalized spacial score (nSPS) is 39.6. The summed E-state index contributed by atoms with van der Waals surface area (Å²) in [6.07, 6.45) is 4.70. The van der Waals surface area contributed by atoms with E-state index in [1.165, 1.54) is 24.1 Å². The summed E-state index contributed by atoms with van der Waals surface area (Å²) in [7, 11) is 0. The van der Waals surface area contributed by atoms with E-state index in [4.69, 9.17) is 0 Å². The molecule has 0 radical (unpaired) electrons. The molecule has 0 bridgehead atoms. The molecule has 3 fully saturated rings. The molecule has 1 aliphatic heterocycles. The maximum Gasteiger partial charge on any atom is 0.229 e. The highest BCUT2D eigenvalue weighted by molar-refractivity contribution is 7.10. The van der Waals surface area contributed by atoms with Crippen LogP contribution in [0.4, 0.5) is 0 Å². The second-order valence-corrected chi connectivity index (χ2v) is 6.41. The van der Waals surface area contributed by atoms with Gasteiger partial charge in [0.1, 0.15) is 0 Å². The van der Waals surface area contributed by atoms with E-state index in [-0.39, 0.29) is 5.41 Å². The summed E-state index contributed by atoms with van der Waals surface area (Å²) in [5, 5.41) is 2.12. The van der Waals surface area contributed by atoms with E-state index in [0.29, 0.717) is 11.9 Å². The molecular formula is C13H15NOS. The highest BCUT2D eigenvalue weighted by Gasteiger charge is 2.75. The van der Waals surface area contributed by atoms with Gasteiger partial charge in [0.15, 0.2) is 0 Å². The molecule has 1 aromatic heterocycles. The molecule has 1 amide bonds. The van der Waals surface area contributed by atoms with E-state index in [1.54, 1.807) is 11.3 Å². The van der Waals surface area contributed by atoms with Gasteiger partial charge in [-0.15, -0.1) is 11.3 Å². The van der Waals surface area contributed by atoms with Crippen LogP contribution in [-0.2, 0) is 4.79 Å². The van der Waals surface area contributed by atoms with E-state index in [9.17, 15) is 4.79 Å². The highest BCUT2D eigenvalue weighted by atomic mass is 32.1. The van der Waals surface area contributed by atoms with Crippen molar-refractivity contribution in [3.63, 3.8) is 0 Å². The van der Waals surface area contributed by atoms with Crippen molar-refractivity contribution in [2.75, 3.05) is 6.54 Å². The lowest BCUT2D eigenvalue weighted by atomic mass is 10.1. The molecule has 1 aromatic rings. The molecule has 3 aliphatic rings. The first-order valence-corrected chi connectivity index (χ1v) is 7.04. The minimum Gasteiger partial charge on any atom is -0.334 e. The molecule has 1 atom stereocenters. The zero-order chi connectivity index (χ0) is 10.8. The molecule has 84 valence electrons. The number of likely N-dealkylation sites (tertiary alicyclic amines) is 1. The Morgan fingerprint density at radius 1 is 1.50 bits per heavy atom. The Kier molecular flexibility index (Phi) is 1.67. The Labute approximate surface area is 99.3 Å². The topological polar surface area (TPSA) is 20.3 Å². The zero-order valence-electron chi connectivity index (χ0n) is 9.19. The summed E-state index contributed by atoms with van der Waals surface area (Å²) in [4.78, 5) is 15.9. The van der Waals surface area contributed by atoms with Gasteiger partial charge in [-0.1, -0.05) is 6.07 Å². The van der Waals surface area contributed by atoms with Gasteiger partial charge in [-0.2, -0.15) is 0 Å². The van der Waals surface area contributed by atoms with Crippen LogP contribution >= 0.6 is 11.3 Å². The Hall–Kier alpha value is -0.830.